The molecule has 0 heterocycles. The van der Waals surface area contributed by atoms with Gasteiger partial charge in [-0.2, -0.15) is 0 Å². The van der Waals surface area contributed by atoms with Crippen LogP contribution in [0.15, 0.2) is 16.6 Å². The van der Waals surface area contributed by atoms with E-state index in [1.54, 1.807) is 7.05 Å². The van der Waals surface area contributed by atoms with E-state index in [0.29, 0.717) is 5.56 Å². The van der Waals surface area contributed by atoms with Crippen molar-refractivity contribution in [2.24, 2.45) is 0 Å². The number of hydrogen-bond acceptors (Lipinski definition) is 1. The summed E-state index contributed by atoms with van der Waals surface area (Å²) >= 11 is 2.98. The van der Waals surface area contributed by atoms with E-state index < -0.39 is 5.82 Å². The van der Waals surface area contributed by atoms with Gasteiger partial charge in [-0.15, -0.1) is 0 Å². The average molecular weight is 306 g/mol. The van der Waals surface area contributed by atoms with Crippen LogP contribution in [0, 0.1) is 11.6 Å². The Morgan fingerprint density at radius 1 is 1.24 bits per heavy atom. The zero-order valence-electron chi connectivity index (χ0n) is 10.2. The number of halogens is 3. The van der Waals surface area contributed by atoms with E-state index in [9.17, 15) is 8.78 Å². The van der Waals surface area contributed by atoms with Crippen molar-refractivity contribution in [3.05, 3.63) is 33.8 Å². The van der Waals surface area contributed by atoms with Gasteiger partial charge in [0.15, 0.2) is 0 Å². The molecule has 1 atom stereocenters. The minimum absolute atomic E-state index is 0.121. The Kier molecular flexibility index (Phi) is 6.06. The summed E-state index contributed by atoms with van der Waals surface area (Å²) in [5.41, 5.74) is 0.407. The van der Waals surface area contributed by atoms with Gasteiger partial charge in [0.1, 0.15) is 11.6 Å². The molecule has 0 fully saturated rings. The van der Waals surface area contributed by atoms with Crippen LogP contribution in [0.5, 0.6) is 0 Å². The maximum absolute atomic E-state index is 13.7. The molecule has 0 amide bonds. The van der Waals surface area contributed by atoms with E-state index in [4.69, 9.17) is 0 Å². The van der Waals surface area contributed by atoms with Gasteiger partial charge in [0.25, 0.3) is 0 Å². The van der Waals surface area contributed by atoms with Crippen molar-refractivity contribution < 1.29 is 8.78 Å². The highest BCUT2D eigenvalue weighted by atomic mass is 79.9. The lowest BCUT2D eigenvalue weighted by Gasteiger charge is -2.17. The minimum Gasteiger partial charge on any atom is -0.313 e. The van der Waals surface area contributed by atoms with Gasteiger partial charge in [0.2, 0.25) is 0 Å². The number of unbranched alkanes of at least 4 members (excludes halogenated alkanes) is 2. The molecule has 0 aromatic heterocycles. The van der Waals surface area contributed by atoms with Crippen LogP contribution in [-0.2, 0) is 0 Å². The van der Waals surface area contributed by atoms with Gasteiger partial charge < -0.3 is 5.32 Å². The second kappa shape index (κ2) is 7.07. The smallest absolute Gasteiger partial charge is 0.137 e. The third kappa shape index (κ3) is 4.03. The summed E-state index contributed by atoms with van der Waals surface area (Å²) in [5.74, 6) is -0.786. The van der Waals surface area contributed by atoms with Crippen molar-refractivity contribution in [1.29, 1.82) is 0 Å². The maximum atomic E-state index is 13.7. The van der Waals surface area contributed by atoms with E-state index in [1.165, 1.54) is 12.1 Å². The van der Waals surface area contributed by atoms with Crippen LogP contribution < -0.4 is 5.32 Å². The molecule has 0 spiro atoms. The Morgan fingerprint density at radius 3 is 2.53 bits per heavy atom. The Labute approximate surface area is 110 Å². The van der Waals surface area contributed by atoms with Gasteiger partial charge in [-0.05, 0) is 41.5 Å². The first-order chi connectivity index (χ1) is 8.10. The first kappa shape index (κ1) is 14.6. The molecular formula is C13H18BrF2N. The fraction of sp³-hybridized carbons (Fsp3) is 0.538. The van der Waals surface area contributed by atoms with Crippen LogP contribution >= 0.6 is 15.9 Å². The maximum Gasteiger partial charge on any atom is 0.137 e. The molecule has 96 valence electrons. The molecule has 1 unspecified atom stereocenters. The van der Waals surface area contributed by atoms with Gasteiger partial charge in [0.05, 0.1) is 4.47 Å². The Bertz CT molecular complexity index is 369. The summed E-state index contributed by atoms with van der Waals surface area (Å²) in [6.07, 6.45) is 4.06. The average Bonchev–Trinajstić information content (AvgIpc) is 2.30. The van der Waals surface area contributed by atoms with Crippen molar-refractivity contribution in [2.75, 3.05) is 7.05 Å². The van der Waals surface area contributed by atoms with E-state index in [2.05, 4.69) is 28.2 Å². The Hall–Kier alpha value is -0.480. The van der Waals surface area contributed by atoms with Gasteiger partial charge in [-0.1, -0.05) is 26.2 Å². The van der Waals surface area contributed by atoms with Gasteiger partial charge >= 0.3 is 0 Å². The van der Waals surface area contributed by atoms with Crippen molar-refractivity contribution >= 4 is 15.9 Å². The molecule has 0 bridgehead atoms. The van der Waals surface area contributed by atoms with Crippen molar-refractivity contribution in [1.82, 2.24) is 5.32 Å². The predicted octanol–water partition coefficient (Wildman–Crippen LogP) is 4.57. The summed E-state index contributed by atoms with van der Waals surface area (Å²) in [4.78, 5) is 0. The molecule has 1 rings (SSSR count). The molecule has 0 saturated heterocycles. The third-order valence-corrected chi connectivity index (χ3v) is 3.47. The van der Waals surface area contributed by atoms with E-state index in [0.717, 1.165) is 25.7 Å². The van der Waals surface area contributed by atoms with Crippen LogP contribution in [0.25, 0.3) is 0 Å². The number of nitrogens with one attached hydrogen (secondary N) is 1. The van der Waals surface area contributed by atoms with E-state index >= 15 is 0 Å². The van der Waals surface area contributed by atoms with Crippen LogP contribution in [0.4, 0.5) is 8.78 Å². The summed E-state index contributed by atoms with van der Waals surface area (Å²) in [6.45, 7) is 2.12. The van der Waals surface area contributed by atoms with Crippen LogP contribution in [0.2, 0.25) is 0 Å². The quantitative estimate of drug-likeness (QED) is 0.600. The predicted molar refractivity (Wildman–Crippen MR) is 70.0 cm³/mol. The summed E-state index contributed by atoms with van der Waals surface area (Å²) < 4.78 is 27.3. The Morgan fingerprint density at radius 2 is 1.94 bits per heavy atom. The summed E-state index contributed by atoms with van der Waals surface area (Å²) in [7, 11) is 1.77. The largest absolute Gasteiger partial charge is 0.313 e. The molecule has 0 aliphatic carbocycles. The first-order valence-electron chi connectivity index (χ1n) is 5.91. The molecule has 0 radical (unpaired) electrons. The van der Waals surface area contributed by atoms with Gasteiger partial charge in [-0.25, -0.2) is 8.78 Å². The summed E-state index contributed by atoms with van der Waals surface area (Å²) in [5, 5.41) is 3.04. The van der Waals surface area contributed by atoms with Gasteiger partial charge in [0, 0.05) is 11.6 Å². The lowest BCUT2D eigenvalue weighted by molar-refractivity contribution is 0.478. The fourth-order valence-corrected chi connectivity index (χ4v) is 2.17. The molecule has 4 heteroatoms. The number of benzene rings is 1. The molecule has 1 N–H and O–H groups in total. The normalized spacial score (nSPS) is 12.8. The topological polar surface area (TPSA) is 12.0 Å². The van der Waals surface area contributed by atoms with E-state index in [1.807, 2.05) is 0 Å². The zero-order chi connectivity index (χ0) is 12.8. The molecule has 0 saturated carbocycles. The second-order valence-electron chi connectivity index (χ2n) is 4.12. The molecule has 0 aliphatic heterocycles. The lowest BCUT2D eigenvalue weighted by atomic mass is 10.00. The molecule has 1 aromatic rings. The summed E-state index contributed by atoms with van der Waals surface area (Å²) in [6, 6.07) is 2.34. The lowest BCUT2D eigenvalue weighted by Crippen LogP contribution is -2.18. The number of hydrogen-bond donors (Lipinski definition) is 1. The van der Waals surface area contributed by atoms with Crippen molar-refractivity contribution in [3.63, 3.8) is 0 Å². The first-order valence-corrected chi connectivity index (χ1v) is 6.71. The highest BCUT2D eigenvalue weighted by Crippen LogP contribution is 2.27. The fourth-order valence-electron chi connectivity index (χ4n) is 1.86. The SMILES string of the molecule is CCCCCC(NC)c1cc(F)c(Br)cc1F. The van der Waals surface area contributed by atoms with Crippen LogP contribution in [0.3, 0.4) is 0 Å². The molecule has 1 aromatic carbocycles. The number of rotatable bonds is 6. The molecule has 0 aliphatic rings. The standard InChI is InChI=1S/C13H18BrF2N/c1-3-4-5-6-13(17-2)9-7-12(16)10(14)8-11(9)15/h7-8,13,17H,3-6H2,1-2H3. The zero-order valence-corrected chi connectivity index (χ0v) is 11.8. The van der Waals surface area contributed by atoms with Crippen LogP contribution in [-0.4, -0.2) is 7.05 Å². The third-order valence-electron chi connectivity index (χ3n) is 2.86. The monoisotopic (exact) mass is 305 g/mol. The van der Waals surface area contributed by atoms with Crippen LogP contribution in [0.1, 0.15) is 44.2 Å². The van der Waals surface area contributed by atoms with Crippen molar-refractivity contribution in [3.8, 4) is 0 Å². The molecule has 17 heavy (non-hydrogen) atoms. The van der Waals surface area contributed by atoms with E-state index in [-0.39, 0.29) is 16.3 Å². The highest BCUT2D eigenvalue weighted by molar-refractivity contribution is 9.10. The highest BCUT2D eigenvalue weighted by Gasteiger charge is 2.16. The molecule has 1 nitrogen and oxygen atoms in total. The molecular weight excluding hydrogens is 288 g/mol. The van der Waals surface area contributed by atoms with Crippen molar-refractivity contribution in [2.45, 2.75) is 38.6 Å². The Balaban J connectivity index is 2.84. The van der Waals surface area contributed by atoms with Gasteiger partial charge in [-0.3, -0.25) is 0 Å². The minimum atomic E-state index is -0.419. The second-order valence-corrected chi connectivity index (χ2v) is 4.98.